The lowest BCUT2D eigenvalue weighted by atomic mass is 10.0. The Hall–Kier alpha value is -2.07. The summed E-state index contributed by atoms with van der Waals surface area (Å²) < 4.78 is 18.4. The van der Waals surface area contributed by atoms with Gasteiger partial charge in [-0.1, -0.05) is 17.7 Å². The number of rotatable bonds is 4. The number of benzene rings is 2. The molecule has 0 atom stereocenters. The number of Topliss-reactive ketones (excluding diaryl/α,β-unsaturated/α-hetero) is 1. The number of carbonyl (C=O) groups is 1. The monoisotopic (exact) mass is 293 g/mol. The molecule has 0 bridgehead atoms. The van der Waals surface area contributed by atoms with Crippen LogP contribution < -0.4 is 10.5 Å². The van der Waals surface area contributed by atoms with Crippen LogP contribution in [0.1, 0.15) is 15.9 Å². The van der Waals surface area contributed by atoms with E-state index in [-0.39, 0.29) is 18.0 Å². The lowest BCUT2D eigenvalue weighted by molar-refractivity contribution is 0.0994. The second kappa shape index (κ2) is 5.92. The van der Waals surface area contributed by atoms with Gasteiger partial charge >= 0.3 is 0 Å². The van der Waals surface area contributed by atoms with Gasteiger partial charge in [-0.15, -0.1) is 0 Å². The largest absolute Gasteiger partial charge is 0.494 e. The fourth-order valence-corrected chi connectivity index (χ4v) is 2.07. The SMILES string of the molecule is COc1ccc(CC(=O)c2ccc(Cl)cc2N)cc1F. The minimum Gasteiger partial charge on any atom is -0.494 e. The molecule has 3 nitrogen and oxygen atoms in total. The molecule has 0 saturated carbocycles. The third-order valence-corrected chi connectivity index (χ3v) is 3.13. The van der Waals surface area contributed by atoms with E-state index in [4.69, 9.17) is 22.1 Å². The molecule has 0 saturated heterocycles. The predicted molar refractivity (Wildman–Crippen MR) is 76.9 cm³/mol. The minimum absolute atomic E-state index is 0.0622. The van der Waals surface area contributed by atoms with Gasteiger partial charge in [0.2, 0.25) is 0 Å². The maximum Gasteiger partial charge on any atom is 0.169 e. The third kappa shape index (κ3) is 3.08. The molecule has 5 heteroatoms. The Bertz CT molecular complexity index is 658. The zero-order valence-electron chi connectivity index (χ0n) is 10.8. The maximum atomic E-state index is 13.6. The molecule has 0 radical (unpaired) electrons. The van der Waals surface area contributed by atoms with E-state index >= 15 is 0 Å². The third-order valence-electron chi connectivity index (χ3n) is 2.89. The van der Waals surface area contributed by atoms with Crippen LogP contribution in [0.4, 0.5) is 10.1 Å². The Morgan fingerprint density at radius 1 is 1.30 bits per heavy atom. The highest BCUT2D eigenvalue weighted by Gasteiger charge is 2.12. The van der Waals surface area contributed by atoms with Crippen LogP contribution in [0, 0.1) is 5.82 Å². The normalized spacial score (nSPS) is 10.3. The van der Waals surface area contributed by atoms with Crippen molar-refractivity contribution in [2.45, 2.75) is 6.42 Å². The molecule has 0 fully saturated rings. The van der Waals surface area contributed by atoms with E-state index in [2.05, 4.69) is 0 Å². The van der Waals surface area contributed by atoms with E-state index in [0.29, 0.717) is 21.8 Å². The highest BCUT2D eigenvalue weighted by atomic mass is 35.5. The first-order valence-electron chi connectivity index (χ1n) is 5.92. The van der Waals surface area contributed by atoms with E-state index in [1.54, 1.807) is 18.2 Å². The first kappa shape index (κ1) is 14.3. The zero-order chi connectivity index (χ0) is 14.7. The molecule has 0 aliphatic carbocycles. The van der Waals surface area contributed by atoms with Gasteiger partial charge in [0.1, 0.15) is 0 Å². The van der Waals surface area contributed by atoms with Gasteiger partial charge in [-0.3, -0.25) is 4.79 Å². The van der Waals surface area contributed by atoms with Gasteiger partial charge in [-0.25, -0.2) is 4.39 Å². The number of ether oxygens (including phenoxy) is 1. The van der Waals surface area contributed by atoms with Crippen molar-refractivity contribution in [1.29, 1.82) is 0 Å². The molecule has 2 N–H and O–H groups in total. The number of halogens is 2. The molecule has 0 spiro atoms. The molecule has 0 aliphatic rings. The quantitative estimate of drug-likeness (QED) is 0.693. The molecule has 104 valence electrons. The van der Waals surface area contributed by atoms with Crippen LogP contribution in [0.2, 0.25) is 5.02 Å². The molecule has 2 rings (SSSR count). The van der Waals surface area contributed by atoms with Gasteiger partial charge in [0, 0.05) is 22.7 Å². The summed E-state index contributed by atoms with van der Waals surface area (Å²) in [5, 5.41) is 0.467. The lowest BCUT2D eigenvalue weighted by Crippen LogP contribution is -2.07. The molecular formula is C15H13ClFNO2. The Kier molecular flexibility index (Phi) is 4.25. The lowest BCUT2D eigenvalue weighted by Gasteiger charge is -2.07. The van der Waals surface area contributed by atoms with Gasteiger partial charge < -0.3 is 10.5 Å². The summed E-state index contributed by atoms with van der Waals surface area (Å²) in [5.74, 6) is -0.544. The van der Waals surface area contributed by atoms with Crippen molar-refractivity contribution >= 4 is 23.1 Å². The van der Waals surface area contributed by atoms with E-state index in [9.17, 15) is 9.18 Å². The summed E-state index contributed by atoms with van der Waals surface area (Å²) in [4.78, 5) is 12.1. The summed E-state index contributed by atoms with van der Waals surface area (Å²) in [6.07, 6.45) is 0.0622. The number of nitrogen functional groups attached to an aromatic ring is 1. The van der Waals surface area contributed by atoms with Crippen molar-refractivity contribution in [1.82, 2.24) is 0 Å². The highest BCUT2D eigenvalue weighted by Crippen LogP contribution is 2.22. The molecule has 2 aromatic carbocycles. The van der Waals surface area contributed by atoms with Gasteiger partial charge in [0.15, 0.2) is 17.3 Å². The van der Waals surface area contributed by atoms with Gasteiger partial charge in [0.25, 0.3) is 0 Å². The summed E-state index contributed by atoms with van der Waals surface area (Å²) in [6, 6.07) is 9.10. The van der Waals surface area contributed by atoms with E-state index in [1.807, 2.05) is 0 Å². The van der Waals surface area contributed by atoms with Crippen molar-refractivity contribution in [3.8, 4) is 5.75 Å². The van der Waals surface area contributed by atoms with Crippen LogP contribution in [0.5, 0.6) is 5.75 Å². The number of ketones is 1. The van der Waals surface area contributed by atoms with Gasteiger partial charge in [0.05, 0.1) is 7.11 Å². The summed E-state index contributed by atoms with van der Waals surface area (Å²) in [7, 11) is 1.39. The van der Waals surface area contributed by atoms with Gasteiger partial charge in [-0.05, 0) is 35.9 Å². The Morgan fingerprint density at radius 2 is 2.05 bits per heavy atom. The molecule has 0 amide bonds. The van der Waals surface area contributed by atoms with E-state index in [1.165, 1.54) is 25.3 Å². The standard InChI is InChI=1S/C15H13ClFNO2/c1-20-15-5-2-9(6-12(15)17)7-14(19)11-4-3-10(16)8-13(11)18/h2-6,8H,7,18H2,1H3. The zero-order valence-corrected chi connectivity index (χ0v) is 11.6. The molecule has 2 aromatic rings. The number of hydrogen-bond donors (Lipinski definition) is 1. The maximum absolute atomic E-state index is 13.6. The molecular weight excluding hydrogens is 281 g/mol. The Balaban J connectivity index is 2.21. The number of carbonyl (C=O) groups excluding carboxylic acids is 1. The number of anilines is 1. The molecule has 0 heterocycles. The number of hydrogen-bond acceptors (Lipinski definition) is 3. The second-order valence-electron chi connectivity index (χ2n) is 4.30. The van der Waals surface area contributed by atoms with E-state index < -0.39 is 5.82 Å². The smallest absolute Gasteiger partial charge is 0.169 e. The van der Waals surface area contributed by atoms with Gasteiger partial charge in [-0.2, -0.15) is 0 Å². The first-order valence-corrected chi connectivity index (χ1v) is 6.29. The summed E-state index contributed by atoms with van der Waals surface area (Å²) >= 11 is 5.78. The average Bonchev–Trinajstić information content (AvgIpc) is 2.38. The highest BCUT2D eigenvalue weighted by molar-refractivity contribution is 6.31. The Morgan fingerprint density at radius 3 is 2.65 bits per heavy atom. The Labute approximate surface area is 121 Å². The van der Waals surface area contributed by atoms with Crippen LogP contribution in [0.25, 0.3) is 0 Å². The van der Waals surface area contributed by atoms with Crippen molar-refractivity contribution in [3.05, 3.63) is 58.4 Å². The van der Waals surface area contributed by atoms with Crippen molar-refractivity contribution in [2.24, 2.45) is 0 Å². The van der Waals surface area contributed by atoms with Crippen LogP contribution in [0.3, 0.4) is 0 Å². The molecule has 0 aliphatic heterocycles. The number of methoxy groups -OCH3 is 1. The first-order chi connectivity index (χ1) is 9.51. The van der Waals surface area contributed by atoms with Crippen LogP contribution in [-0.4, -0.2) is 12.9 Å². The van der Waals surface area contributed by atoms with Crippen LogP contribution >= 0.6 is 11.6 Å². The van der Waals surface area contributed by atoms with Crippen molar-refractivity contribution in [2.75, 3.05) is 12.8 Å². The molecule has 20 heavy (non-hydrogen) atoms. The molecule has 0 unspecified atom stereocenters. The number of nitrogens with two attached hydrogens (primary N) is 1. The van der Waals surface area contributed by atoms with Crippen molar-refractivity contribution < 1.29 is 13.9 Å². The topological polar surface area (TPSA) is 52.3 Å². The summed E-state index contributed by atoms with van der Waals surface area (Å²) in [5.41, 5.74) is 7.01. The van der Waals surface area contributed by atoms with Crippen LogP contribution in [-0.2, 0) is 6.42 Å². The fraction of sp³-hybridized carbons (Fsp3) is 0.133. The summed E-state index contributed by atoms with van der Waals surface area (Å²) in [6.45, 7) is 0. The molecule has 0 aromatic heterocycles. The predicted octanol–water partition coefficient (Wildman–Crippen LogP) is 3.50. The van der Waals surface area contributed by atoms with Crippen molar-refractivity contribution in [3.63, 3.8) is 0 Å². The minimum atomic E-state index is -0.498. The van der Waals surface area contributed by atoms with Crippen LogP contribution in [0.15, 0.2) is 36.4 Å². The fourth-order valence-electron chi connectivity index (χ4n) is 1.89. The van der Waals surface area contributed by atoms with E-state index in [0.717, 1.165) is 0 Å². The average molecular weight is 294 g/mol. The second-order valence-corrected chi connectivity index (χ2v) is 4.74.